The van der Waals surface area contributed by atoms with Gasteiger partial charge in [-0.25, -0.2) is 0 Å². The Morgan fingerprint density at radius 1 is 1.15 bits per heavy atom. The van der Waals surface area contributed by atoms with Crippen LogP contribution in [0.3, 0.4) is 0 Å². The van der Waals surface area contributed by atoms with Gasteiger partial charge in [0.25, 0.3) is 0 Å². The smallest absolute Gasteiger partial charge is 0.221 e. The lowest BCUT2D eigenvalue weighted by Crippen LogP contribution is -2.37. The van der Waals surface area contributed by atoms with E-state index in [0.29, 0.717) is 19.5 Å². The van der Waals surface area contributed by atoms with Gasteiger partial charge in [0.05, 0.1) is 0 Å². The van der Waals surface area contributed by atoms with Crippen LogP contribution >= 0.6 is 0 Å². The summed E-state index contributed by atoms with van der Waals surface area (Å²) in [5, 5.41) is 2.83. The number of hydrogen-bond donors (Lipinski definition) is 1. The summed E-state index contributed by atoms with van der Waals surface area (Å²) >= 11 is 0. The van der Waals surface area contributed by atoms with Gasteiger partial charge >= 0.3 is 0 Å². The molecule has 110 valence electrons. The highest BCUT2D eigenvalue weighted by Crippen LogP contribution is 2.02. The summed E-state index contributed by atoms with van der Waals surface area (Å²) in [5.41, 5.74) is 1.20. The van der Waals surface area contributed by atoms with Crippen molar-refractivity contribution in [2.24, 2.45) is 0 Å². The van der Waals surface area contributed by atoms with Crippen LogP contribution in [-0.2, 0) is 16.0 Å². The lowest BCUT2D eigenvalue weighted by atomic mass is 10.1. The van der Waals surface area contributed by atoms with Crippen LogP contribution in [0, 0.1) is 0 Å². The molecule has 0 aliphatic carbocycles. The molecule has 1 rings (SSSR count). The van der Waals surface area contributed by atoms with Crippen molar-refractivity contribution in [3.63, 3.8) is 0 Å². The Morgan fingerprint density at radius 2 is 1.80 bits per heavy atom. The van der Waals surface area contributed by atoms with Crippen LogP contribution in [0.2, 0.25) is 0 Å². The number of benzene rings is 1. The molecule has 0 fully saturated rings. The topological polar surface area (TPSA) is 49.4 Å². The number of amides is 2. The van der Waals surface area contributed by atoms with Crippen molar-refractivity contribution in [2.75, 3.05) is 13.1 Å². The molecule has 0 unspecified atom stereocenters. The van der Waals surface area contributed by atoms with Crippen LogP contribution < -0.4 is 5.32 Å². The fourth-order valence-electron chi connectivity index (χ4n) is 1.97. The Labute approximate surface area is 121 Å². The second-order valence-electron chi connectivity index (χ2n) is 5.21. The van der Waals surface area contributed by atoms with Gasteiger partial charge in [0.15, 0.2) is 0 Å². The lowest BCUT2D eigenvalue weighted by molar-refractivity contribution is -0.129. The van der Waals surface area contributed by atoms with Gasteiger partial charge in [-0.05, 0) is 25.8 Å². The number of carbonyl (C=O) groups is 2. The van der Waals surface area contributed by atoms with E-state index in [0.717, 1.165) is 6.42 Å². The minimum Gasteiger partial charge on any atom is -0.354 e. The van der Waals surface area contributed by atoms with Crippen LogP contribution in [0.15, 0.2) is 30.3 Å². The Hall–Kier alpha value is -1.84. The standard InChI is InChI=1S/C16H24N2O2/c1-13(2)17-16(20)10-12-18(14(3)19)11-9-15-7-5-4-6-8-15/h4-8,13H,9-12H2,1-3H3,(H,17,20). The third kappa shape index (κ3) is 6.36. The summed E-state index contributed by atoms with van der Waals surface area (Å²) < 4.78 is 0. The minimum absolute atomic E-state index is 0.00837. The quantitative estimate of drug-likeness (QED) is 0.828. The van der Waals surface area contributed by atoms with Gasteiger partial charge in [-0.1, -0.05) is 30.3 Å². The molecule has 0 radical (unpaired) electrons. The van der Waals surface area contributed by atoms with E-state index in [1.165, 1.54) is 5.56 Å². The van der Waals surface area contributed by atoms with Crippen molar-refractivity contribution < 1.29 is 9.59 Å². The summed E-state index contributed by atoms with van der Waals surface area (Å²) in [5.74, 6) is 0.00393. The van der Waals surface area contributed by atoms with Crippen LogP contribution in [0.1, 0.15) is 32.8 Å². The molecule has 1 aromatic carbocycles. The molecular formula is C16H24N2O2. The van der Waals surface area contributed by atoms with E-state index in [4.69, 9.17) is 0 Å². The van der Waals surface area contributed by atoms with E-state index in [1.54, 1.807) is 11.8 Å². The summed E-state index contributed by atoms with van der Waals surface area (Å²) in [4.78, 5) is 24.9. The van der Waals surface area contributed by atoms with E-state index in [-0.39, 0.29) is 17.9 Å². The average Bonchev–Trinajstić information content (AvgIpc) is 2.38. The SMILES string of the molecule is CC(=O)N(CCC(=O)NC(C)C)CCc1ccccc1. The number of carbonyl (C=O) groups excluding carboxylic acids is 2. The Kier molecular flexibility index (Phi) is 6.77. The number of nitrogens with zero attached hydrogens (tertiary/aromatic N) is 1. The van der Waals surface area contributed by atoms with Crippen LogP contribution in [0.25, 0.3) is 0 Å². The molecule has 1 N–H and O–H groups in total. The van der Waals surface area contributed by atoms with Crippen LogP contribution in [0.4, 0.5) is 0 Å². The van der Waals surface area contributed by atoms with Gasteiger partial charge in [-0.3, -0.25) is 9.59 Å². The molecule has 0 saturated carbocycles. The number of rotatable bonds is 7. The van der Waals surface area contributed by atoms with Crippen molar-refractivity contribution in [2.45, 2.75) is 39.7 Å². The van der Waals surface area contributed by atoms with Gasteiger partial charge in [0, 0.05) is 32.5 Å². The second-order valence-corrected chi connectivity index (χ2v) is 5.21. The van der Waals surface area contributed by atoms with Gasteiger partial charge in [0.1, 0.15) is 0 Å². The van der Waals surface area contributed by atoms with E-state index in [9.17, 15) is 9.59 Å². The molecular weight excluding hydrogens is 252 g/mol. The number of hydrogen-bond acceptors (Lipinski definition) is 2. The summed E-state index contributed by atoms with van der Waals surface area (Å²) in [7, 11) is 0. The van der Waals surface area contributed by atoms with E-state index < -0.39 is 0 Å². The molecule has 0 aliphatic rings. The van der Waals surface area contributed by atoms with Crippen molar-refractivity contribution in [1.29, 1.82) is 0 Å². The molecule has 4 nitrogen and oxygen atoms in total. The van der Waals surface area contributed by atoms with Gasteiger partial charge in [-0.2, -0.15) is 0 Å². The first-order chi connectivity index (χ1) is 9.49. The molecule has 0 spiro atoms. The fraction of sp³-hybridized carbons (Fsp3) is 0.500. The van der Waals surface area contributed by atoms with Crippen LogP contribution in [-0.4, -0.2) is 35.8 Å². The molecule has 0 saturated heterocycles. The second kappa shape index (κ2) is 8.35. The van der Waals surface area contributed by atoms with Gasteiger partial charge in [0.2, 0.25) is 11.8 Å². The molecule has 0 heterocycles. The van der Waals surface area contributed by atoms with Crippen LogP contribution in [0.5, 0.6) is 0 Å². The molecule has 20 heavy (non-hydrogen) atoms. The normalized spacial score (nSPS) is 10.4. The van der Waals surface area contributed by atoms with Crippen molar-refractivity contribution in [1.82, 2.24) is 10.2 Å². The maximum absolute atomic E-state index is 11.6. The summed E-state index contributed by atoms with van der Waals surface area (Å²) in [6, 6.07) is 10.2. The largest absolute Gasteiger partial charge is 0.354 e. The molecule has 1 aromatic rings. The highest BCUT2D eigenvalue weighted by atomic mass is 16.2. The third-order valence-electron chi connectivity index (χ3n) is 3.02. The third-order valence-corrected chi connectivity index (χ3v) is 3.02. The maximum atomic E-state index is 11.6. The molecule has 2 amide bonds. The Bertz CT molecular complexity index is 429. The van der Waals surface area contributed by atoms with Crippen molar-refractivity contribution in [3.8, 4) is 0 Å². The van der Waals surface area contributed by atoms with E-state index in [2.05, 4.69) is 5.32 Å². The predicted molar refractivity (Wildman–Crippen MR) is 80.3 cm³/mol. The fourth-order valence-corrected chi connectivity index (χ4v) is 1.97. The maximum Gasteiger partial charge on any atom is 0.221 e. The van der Waals surface area contributed by atoms with E-state index >= 15 is 0 Å². The zero-order valence-corrected chi connectivity index (χ0v) is 12.6. The first-order valence-electron chi connectivity index (χ1n) is 7.08. The van der Waals surface area contributed by atoms with Gasteiger partial charge < -0.3 is 10.2 Å². The highest BCUT2D eigenvalue weighted by Gasteiger charge is 2.11. The lowest BCUT2D eigenvalue weighted by Gasteiger charge is -2.21. The van der Waals surface area contributed by atoms with Crippen molar-refractivity contribution in [3.05, 3.63) is 35.9 Å². The predicted octanol–water partition coefficient (Wildman–Crippen LogP) is 1.99. The molecule has 0 atom stereocenters. The Morgan fingerprint density at radius 3 is 2.35 bits per heavy atom. The molecule has 4 heteroatoms. The first-order valence-corrected chi connectivity index (χ1v) is 7.08. The summed E-state index contributed by atoms with van der Waals surface area (Å²) in [6.45, 7) is 6.52. The molecule has 0 aliphatic heterocycles. The van der Waals surface area contributed by atoms with Crippen molar-refractivity contribution >= 4 is 11.8 Å². The first kappa shape index (κ1) is 16.2. The monoisotopic (exact) mass is 276 g/mol. The zero-order chi connectivity index (χ0) is 15.0. The van der Waals surface area contributed by atoms with Gasteiger partial charge in [-0.15, -0.1) is 0 Å². The molecule has 0 aromatic heterocycles. The Balaban J connectivity index is 2.41. The number of nitrogens with one attached hydrogen (secondary N) is 1. The minimum atomic E-state index is -0.00837. The molecule has 0 bridgehead atoms. The average molecular weight is 276 g/mol. The zero-order valence-electron chi connectivity index (χ0n) is 12.6. The van der Waals surface area contributed by atoms with E-state index in [1.807, 2.05) is 44.2 Å². The highest BCUT2D eigenvalue weighted by molar-refractivity contribution is 5.78. The summed E-state index contributed by atoms with van der Waals surface area (Å²) in [6.07, 6.45) is 1.17.